The van der Waals surface area contributed by atoms with Gasteiger partial charge in [-0.3, -0.25) is 9.36 Å². The molecule has 0 atom stereocenters. The van der Waals surface area contributed by atoms with Crippen molar-refractivity contribution in [3.05, 3.63) is 29.2 Å². The molecule has 0 amide bonds. The van der Waals surface area contributed by atoms with Crippen molar-refractivity contribution in [3.8, 4) is 0 Å². The minimum absolute atomic E-state index is 0.300. The Kier molecular flexibility index (Phi) is 4.19. The van der Waals surface area contributed by atoms with Crippen LogP contribution in [0.15, 0.2) is 12.4 Å². The van der Waals surface area contributed by atoms with E-state index in [1.165, 1.54) is 0 Å². The van der Waals surface area contributed by atoms with Gasteiger partial charge in [-0.15, -0.1) is 0 Å². The first kappa shape index (κ1) is 13.6. The molecule has 0 radical (unpaired) electrons. The van der Waals surface area contributed by atoms with Crippen LogP contribution in [-0.4, -0.2) is 26.2 Å². The van der Waals surface area contributed by atoms with Crippen LogP contribution in [0, 0.1) is 13.8 Å². The van der Waals surface area contributed by atoms with Gasteiger partial charge in [0, 0.05) is 18.3 Å². The second-order valence-corrected chi connectivity index (χ2v) is 4.56. The number of nitrogens with zero attached hydrogens (tertiary/aromatic N) is 4. The molecule has 0 aliphatic rings. The standard InChI is InChI=1S/C13H20FN5/c1-4-19-12(10(2)7-16-19)8-15-13-11(3)9-18(17-13)6-5-14/h7,9H,4-6,8H2,1-3H3,(H,15,17). The summed E-state index contributed by atoms with van der Waals surface area (Å²) in [7, 11) is 0. The first-order chi connectivity index (χ1) is 9.15. The highest BCUT2D eigenvalue weighted by Crippen LogP contribution is 2.14. The monoisotopic (exact) mass is 265 g/mol. The Bertz CT molecular complexity index is 543. The molecule has 2 heterocycles. The Labute approximate surface area is 112 Å². The van der Waals surface area contributed by atoms with Crippen molar-refractivity contribution in [2.75, 3.05) is 12.0 Å². The molecular weight excluding hydrogens is 245 g/mol. The van der Waals surface area contributed by atoms with Gasteiger partial charge in [-0.1, -0.05) is 0 Å². The highest BCUT2D eigenvalue weighted by Gasteiger charge is 2.09. The summed E-state index contributed by atoms with van der Waals surface area (Å²) in [5.74, 6) is 0.803. The number of rotatable bonds is 6. The first-order valence-corrected chi connectivity index (χ1v) is 6.50. The first-order valence-electron chi connectivity index (χ1n) is 6.50. The number of hydrogen-bond acceptors (Lipinski definition) is 3. The highest BCUT2D eigenvalue weighted by molar-refractivity contribution is 5.42. The van der Waals surface area contributed by atoms with Crippen molar-refractivity contribution in [2.24, 2.45) is 0 Å². The molecule has 0 aliphatic carbocycles. The summed E-state index contributed by atoms with van der Waals surface area (Å²) in [6, 6.07) is 0. The van der Waals surface area contributed by atoms with Gasteiger partial charge < -0.3 is 5.32 Å². The molecule has 0 bridgehead atoms. The zero-order chi connectivity index (χ0) is 13.8. The van der Waals surface area contributed by atoms with Crippen LogP contribution in [0.25, 0.3) is 0 Å². The van der Waals surface area contributed by atoms with E-state index in [0.717, 1.165) is 29.2 Å². The Morgan fingerprint density at radius 3 is 2.79 bits per heavy atom. The quantitative estimate of drug-likeness (QED) is 0.871. The fourth-order valence-electron chi connectivity index (χ4n) is 2.07. The maximum Gasteiger partial charge on any atom is 0.151 e. The van der Waals surface area contributed by atoms with Gasteiger partial charge in [0.25, 0.3) is 0 Å². The van der Waals surface area contributed by atoms with Crippen molar-refractivity contribution in [1.82, 2.24) is 19.6 Å². The van der Waals surface area contributed by atoms with Crippen LogP contribution in [0.5, 0.6) is 0 Å². The van der Waals surface area contributed by atoms with E-state index in [0.29, 0.717) is 13.1 Å². The summed E-state index contributed by atoms with van der Waals surface area (Å²) in [6.07, 6.45) is 3.72. The van der Waals surface area contributed by atoms with Gasteiger partial charge in [-0.2, -0.15) is 10.2 Å². The van der Waals surface area contributed by atoms with Crippen molar-refractivity contribution in [3.63, 3.8) is 0 Å². The number of alkyl halides is 1. The predicted molar refractivity (Wildman–Crippen MR) is 72.9 cm³/mol. The van der Waals surface area contributed by atoms with Crippen LogP contribution in [-0.2, 0) is 19.6 Å². The summed E-state index contributed by atoms with van der Waals surface area (Å²) in [5.41, 5.74) is 3.34. The van der Waals surface area contributed by atoms with Gasteiger partial charge in [-0.05, 0) is 26.3 Å². The zero-order valence-corrected chi connectivity index (χ0v) is 11.6. The number of halogens is 1. The largest absolute Gasteiger partial charge is 0.363 e. The van der Waals surface area contributed by atoms with Crippen molar-refractivity contribution in [2.45, 2.75) is 40.4 Å². The lowest BCUT2D eigenvalue weighted by Gasteiger charge is -2.08. The molecule has 2 aromatic heterocycles. The van der Waals surface area contributed by atoms with E-state index in [1.807, 2.05) is 30.9 Å². The summed E-state index contributed by atoms with van der Waals surface area (Å²) in [6.45, 7) is 7.50. The fourth-order valence-corrected chi connectivity index (χ4v) is 2.07. The molecule has 5 nitrogen and oxygen atoms in total. The second-order valence-electron chi connectivity index (χ2n) is 4.56. The van der Waals surface area contributed by atoms with Crippen molar-refractivity contribution in [1.29, 1.82) is 0 Å². The van der Waals surface area contributed by atoms with E-state index in [9.17, 15) is 4.39 Å². The maximum atomic E-state index is 12.3. The van der Waals surface area contributed by atoms with E-state index >= 15 is 0 Å². The molecule has 0 fully saturated rings. The van der Waals surface area contributed by atoms with Crippen LogP contribution in [0.4, 0.5) is 10.2 Å². The average molecular weight is 265 g/mol. The van der Waals surface area contributed by atoms with Gasteiger partial charge in [0.1, 0.15) is 6.67 Å². The number of aryl methyl sites for hydroxylation is 4. The second kappa shape index (κ2) is 5.86. The van der Waals surface area contributed by atoms with Gasteiger partial charge >= 0.3 is 0 Å². The van der Waals surface area contributed by atoms with Gasteiger partial charge in [0.2, 0.25) is 0 Å². The van der Waals surface area contributed by atoms with E-state index in [2.05, 4.69) is 22.4 Å². The summed E-state index contributed by atoms with van der Waals surface area (Å²) in [5, 5.41) is 11.9. The van der Waals surface area contributed by atoms with Gasteiger partial charge in [0.15, 0.2) is 5.82 Å². The molecule has 0 aliphatic heterocycles. The Balaban J connectivity index is 2.07. The van der Waals surface area contributed by atoms with E-state index in [-0.39, 0.29) is 0 Å². The minimum atomic E-state index is -0.401. The molecule has 6 heteroatoms. The van der Waals surface area contributed by atoms with Crippen LogP contribution in [0.1, 0.15) is 23.7 Å². The topological polar surface area (TPSA) is 47.7 Å². The summed E-state index contributed by atoms with van der Waals surface area (Å²) in [4.78, 5) is 0. The highest BCUT2D eigenvalue weighted by atomic mass is 19.1. The normalized spacial score (nSPS) is 10.9. The number of anilines is 1. The Hall–Kier alpha value is -1.85. The smallest absolute Gasteiger partial charge is 0.151 e. The number of aromatic nitrogens is 4. The van der Waals surface area contributed by atoms with Crippen LogP contribution in [0.2, 0.25) is 0 Å². The Morgan fingerprint density at radius 2 is 2.11 bits per heavy atom. The molecule has 19 heavy (non-hydrogen) atoms. The molecule has 104 valence electrons. The van der Waals surface area contributed by atoms with E-state index < -0.39 is 6.67 Å². The van der Waals surface area contributed by atoms with Crippen LogP contribution >= 0.6 is 0 Å². The molecule has 0 spiro atoms. The zero-order valence-electron chi connectivity index (χ0n) is 11.6. The third-order valence-corrected chi connectivity index (χ3v) is 3.14. The molecule has 0 aromatic carbocycles. The Morgan fingerprint density at radius 1 is 1.32 bits per heavy atom. The average Bonchev–Trinajstić information content (AvgIpc) is 2.91. The summed E-state index contributed by atoms with van der Waals surface area (Å²) < 4.78 is 15.9. The summed E-state index contributed by atoms with van der Waals surface area (Å²) >= 11 is 0. The lowest BCUT2D eigenvalue weighted by Crippen LogP contribution is -2.10. The SMILES string of the molecule is CCn1ncc(C)c1CNc1nn(CCF)cc1C. The molecule has 0 saturated heterocycles. The third-order valence-electron chi connectivity index (χ3n) is 3.14. The van der Waals surface area contributed by atoms with E-state index in [4.69, 9.17) is 0 Å². The molecular formula is C13H20FN5. The molecule has 2 rings (SSSR count). The van der Waals surface area contributed by atoms with Crippen LogP contribution in [0.3, 0.4) is 0 Å². The lowest BCUT2D eigenvalue weighted by atomic mass is 10.2. The number of hydrogen-bond donors (Lipinski definition) is 1. The number of nitrogens with one attached hydrogen (secondary N) is 1. The van der Waals surface area contributed by atoms with Gasteiger partial charge in [-0.25, -0.2) is 4.39 Å². The van der Waals surface area contributed by atoms with Crippen LogP contribution < -0.4 is 5.32 Å². The van der Waals surface area contributed by atoms with Crippen molar-refractivity contribution < 1.29 is 4.39 Å². The van der Waals surface area contributed by atoms with E-state index in [1.54, 1.807) is 4.68 Å². The molecule has 0 unspecified atom stereocenters. The minimum Gasteiger partial charge on any atom is -0.363 e. The fraction of sp³-hybridized carbons (Fsp3) is 0.538. The van der Waals surface area contributed by atoms with Gasteiger partial charge in [0.05, 0.1) is 25.0 Å². The molecule has 2 aromatic rings. The van der Waals surface area contributed by atoms with Crippen molar-refractivity contribution >= 4 is 5.82 Å². The molecule has 0 saturated carbocycles. The predicted octanol–water partition coefficient (Wildman–Crippen LogP) is 2.30. The third kappa shape index (κ3) is 2.94. The lowest BCUT2D eigenvalue weighted by molar-refractivity contribution is 0.427. The molecule has 1 N–H and O–H groups in total. The maximum absolute atomic E-state index is 12.3.